The van der Waals surface area contributed by atoms with E-state index in [9.17, 15) is 0 Å². The van der Waals surface area contributed by atoms with Gasteiger partial charge in [-0.3, -0.25) is 4.68 Å². The van der Waals surface area contributed by atoms with E-state index in [2.05, 4.69) is 17.2 Å². The van der Waals surface area contributed by atoms with Crippen molar-refractivity contribution in [2.24, 2.45) is 12.8 Å². The van der Waals surface area contributed by atoms with E-state index in [-0.39, 0.29) is 0 Å². The van der Waals surface area contributed by atoms with Crippen molar-refractivity contribution in [3.05, 3.63) is 42.2 Å². The average molecular weight is 187 g/mol. The van der Waals surface area contributed by atoms with Crippen molar-refractivity contribution >= 4 is 0 Å². The summed E-state index contributed by atoms with van der Waals surface area (Å²) in [5, 5.41) is 4.30. The lowest BCUT2D eigenvalue weighted by molar-refractivity contribution is 0.742. The second-order valence-electron chi connectivity index (χ2n) is 3.23. The Hall–Kier alpha value is -1.61. The molecule has 0 amide bonds. The highest BCUT2D eigenvalue weighted by Gasteiger charge is 2.06. The summed E-state index contributed by atoms with van der Waals surface area (Å²) in [5.74, 6) is 0. The third-order valence-corrected chi connectivity index (χ3v) is 2.18. The molecule has 1 aromatic carbocycles. The van der Waals surface area contributed by atoms with Gasteiger partial charge in [0, 0.05) is 25.4 Å². The minimum absolute atomic E-state index is 0.477. The number of benzene rings is 1. The van der Waals surface area contributed by atoms with Crippen LogP contribution in [-0.4, -0.2) is 9.78 Å². The van der Waals surface area contributed by atoms with E-state index in [0.29, 0.717) is 6.54 Å². The molecule has 0 aliphatic rings. The number of rotatable bonds is 2. The first-order valence-electron chi connectivity index (χ1n) is 4.59. The Labute approximate surface area is 83.2 Å². The molecule has 0 aliphatic heterocycles. The Morgan fingerprint density at radius 3 is 2.64 bits per heavy atom. The minimum Gasteiger partial charge on any atom is -0.325 e. The molecule has 0 atom stereocenters. The number of nitrogens with zero attached hydrogens (tertiary/aromatic N) is 2. The van der Waals surface area contributed by atoms with E-state index >= 15 is 0 Å². The second kappa shape index (κ2) is 3.64. The molecule has 3 nitrogen and oxygen atoms in total. The monoisotopic (exact) mass is 187 g/mol. The van der Waals surface area contributed by atoms with Gasteiger partial charge in [-0.25, -0.2) is 0 Å². The first-order valence-corrected chi connectivity index (χ1v) is 4.59. The molecule has 1 aromatic heterocycles. The Kier molecular flexibility index (Phi) is 2.33. The van der Waals surface area contributed by atoms with Crippen LogP contribution < -0.4 is 5.73 Å². The van der Waals surface area contributed by atoms with Crippen molar-refractivity contribution in [1.29, 1.82) is 0 Å². The van der Waals surface area contributed by atoms with Crippen LogP contribution in [0.5, 0.6) is 0 Å². The summed E-state index contributed by atoms with van der Waals surface area (Å²) in [6, 6.07) is 10.2. The van der Waals surface area contributed by atoms with E-state index in [1.165, 1.54) is 5.56 Å². The predicted octanol–water partition coefficient (Wildman–Crippen LogP) is 1.55. The second-order valence-corrected chi connectivity index (χ2v) is 3.23. The molecular weight excluding hydrogens is 174 g/mol. The molecule has 0 radical (unpaired) electrons. The molecule has 0 bridgehead atoms. The lowest BCUT2D eigenvalue weighted by Gasteiger charge is -1.98. The highest BCUT2D eigenvalue weighted by Crippen LogP contribution is 2.21. The average Bonchev–Trinajstić information content (AvgIpc) is 2.61. The van der Waals surface area contributed by atoms with Crippen LogP contribution in [0.2, 0.25) is 0 Å². The Morgan fingerprint density at radius 1 is 1.29 bits per heavy atom. The van der Waals surface area contributed by atoms with E-state index in [0.717, 1.165) is 11.3 Å². The van der Waals surface area contributed by atoms with Crippen LogP contribution in [0, 0.1) is 0 Å². The standard InChI is InChI=1S/C11H13N3/c1-14-8-10(11(7-12)13-14)9-5-3-2-4-6-9/h2-6,8H,7,12H2,1H3. The van der Waals surface area contributed by atoms with Gasteiger partial charge < -0.3 is 5.73 Å². The molecule has 0 saturated carbocycles. The molecule has 2 aromatic rings. The fourth-order valence-corrected chi connectivity index (χ4v) is 1.54. The summed E-state index contributed by atoms with van der Waals surface area (Å²) in [5.41, 5.74) is 8.86. The quantitative estimate of drug-likeness (QED) is 0.775. The maximum atomic E-state index is 5.63. The fourth-order valence-electron chi connectivity index (χ4n) is 1.54. The van der Waals surface area contributed by atoms with Gasteiger partial charge in [0.1, 0.15) is 0 Å². The van der Waals surface area contributed by atoms with Crippen LogP contribution in [0.3, 0.4) is 0 Å². The van der Waals surface area contributed by atoms with E-state index < -0.39 is 0 Å². The molecule has 3 heteroatoms. The van der Waals surface area contributed by atoms with Crippen molar-refractivity contribution in [1.82, 2.24) is 9.78 Å². The Morgan fingerprint density at radius 2 is 2.00 bits per heavy atom. The molecule has 14 heavy (non-hydrogen) atoms. The summed E-state index contributed by atoms with van der Waals surface area (Å²) in [7, 11) is 1.91. The van der Waals surface area contributed by atoms with Gasteiger partial charge >= 0.3 is 0 Å². The van der Waals surface area contributed by atoms with Gasteiger partial charge in [0.2, 0.25) is 0 Å². The van der Waals surface area contributed by atoms with E-state index in [1.54, 1.807) is 4.68 Å². The van der Waals surface area contributed by atoms with E-state index in [4.69, 9.17) is 5.73 Å². The lowest BCUT2D eigenvalue weighted by Crippen LogP contribution is -1.99. The minimum atomic E-state index is 0.477. The molecule has 0 unspecified atom stereocenters. The smallest absolute Gasteiger partial charge is 0.0838 e. The summed E-state index contributed by atoms with van der Waals surface area (Å²) < 4.78 is 1.80. The van der Waals surface area contributed by atoms with Crippen LogP contribution in [0.4, 0.5) is 0 Å². The molecule has 0 spiro atoms. The normalized spacial score (nSPS) is 10.4. The lowest BCUT2D eigenvalue weighted by atomic mass is 10.1. The molecule has 1 heterocycles. The van der Waals surface area contributed by atoms with Gasteiger partial charge in [0.15, 0.2) is 0 Å². The van der Waals surface area contributed by atoms with Gasteiger partial charge in [-0.05, 0) is 5.56 Å². The predicted molar refractivity (Wildman–Crippen MR) is 56.5 cm³/mol. The van der Waals surface area contributed by atoms with Crippen molar-refractivity contribution < 1.29 is 0 Å². The highest BCUT2D eigenvalue weighted by atomic mass is 15.3. The zero-order valence-electron chi connectivity index (χ0n) is 8.14. The highest BCUT2D eigenvalue weighted by molar-refractivity contribution is 5.65. The SMILES string of the molecule is Cn1cc(-c2ccccc2)c(CN)n1. The molecule has 0 fully saturated rings. The zero-order chi connectivity index (χ0) is 9.97. The van der Waals surface area contributed by atoms with Crippen LogP contribution in [-0.2, 0) is 13.6 Å². The van der Waals surface area contributed by atoms with Crippen LogP contribution >= 0.6 is 0 Å². The topological polar surface area (TPSA) is 43.8 Å². The molecule has 2 N–H and O–H groups in total. The maximum Gasteiger partial charge on any atom is 0.0838 e. The number of hydrogen-bond donors (Lipinski definition) is 1. The summed E-state index contributed by atoms with van der Waals surface area (Å²) >= 11 is 0. The molecule has 0 saturated heterocycles. The van der Waals surface area contributed by atoms with Crippen LogP contribution in [0.25, 0.3) is 11.1 Å². The molecule has 2 rings (SSSR count). The maximum absolute atomic E-state index is 5.63. The van der Waals surface area contributed by atoms with Gasteiger partial charge in [-0.15, -0.1) is 0 Å². The summed E-state index contributed by atoms with van der Waals surface area (Å²) in [4.78, 5) is 0. The van der Waals surface area contributed by atoms with Crippen molar-refractivity contribution in [2.75, 3.05) is 0 Å². The molecule has 72 valence electrons. The zero-order valence-corrected chi connectivity index (χ0v) is 8.14. The largest absolute Gasteiger partial charge is 0.325 e. The van der Waals surface area contributed by atoms with Crippen molar-refractivity contribution in [3.63, 3.8) is 0 Å². The third kappa shape index (κ3) is 1.54. The van der Waals surface area contributed by atoms with Crippen LogP contribution in [0.1, 0.15) is 5.69 Å². The molecule has 0 aliphatic carbocycles. The van der Waals surface area contributed by atoms with Crippen LogP contribution in [0.15, 0.2) is 36.5 Å². The third-order valence-electron chi connectivity index (χ3n) is 2.18. The first kappa shape index (κ1) is 8.97. The fraction of sp³-hybridized carbons (Fsp3) is 0.182. The summed E-state index contributed by atoms with van der Waals surface area (Å²) in [6.07, 6.45) is 2.00. The van der Waals surface area contributed by atoms with Gasteiger partial charge in [0.25, 0.3) is 0 Å². The number of aryl methyl sites for hydroxylation is 1. The van der Waals surface area contributed by atoms with Crippen molar-refractivity contribution in [3.8, 4) is 11.1 Å². The molecular formula is C11H13N3. The number of hydrogen-bond acceptors (Lipinski definition) is 2. The van der Waals surface area contributed by atoms with E-state index in [1.807, 2.05) is 31.4 Å². The Bertz CT molecular complexity index is 417. The van der Waals surface area contributed by atoms with Gasteiger partial charge in [-0.1, -0.05) is 30.3 Å². The Balaban J connectivity index is 2.51. The number of nitrogens with two attached hydrogens (primary N) is 1. The first-order chi connectivity index (χ1) is 6.81. The number of aromatic nitrogens is 2. The van der Waals surface area contributed by atoms with Gasteiger partial charge in [0.05, 0.1) is 5.69 Å². The van der Waals surface area contributed by atoms with Gasteiger partial charge in [-0.2, -0.15) is 5.10 Å². The van der Waals surface area contributed by atoms with Crippen molar-refractivity contribution in [2.45, 2.75) is 6.54 Å². The summed E-state index contributed by atoms with van der Waals surface area (Å²) in [6.45, 7) is 0.477.